The van der Waals surface area contributed by atoms with Gasteiger partial charge >= 0.3 is 0 Å². The van der Waals surface area contributed by atoms with E-state index in [2.05, 4.69) is 20.3 Å². The number of carbonyl (C=O) groups excluding carboxylic acids is 1. The van der Waals surface area contributed by atoms with Crippen molar-refractivity contribution in [1.29, 1.82) is 0 Å². The maximum absolute atomic E-state index is 14.3. The Hall–Kier alpha value is -2.20. The number of hydrogen-bond donors (Lipinski definition) is 1. The molecule has 1 fully saturated rings. The molecule has 140 valence electrons. The first-order valence-corrected chi connectivity index (χ1v) is 8.98. The lowest BCUT2D eigenvalue weighted by Gasteiger charge is -2.34. The van der Waals surface area contributed by atoms with Crippen LogP contribution in [-0.2, 0) is 11.3 Å². The summed E-state index contributed by atoms with van der Waals surface area (Å²) in [4.78, 5) is 24.6. The average Bonchev–Trinajstić information content (AvgIpc) is 2.89. The molecule has 0 bridgehead atoms. The van der Waals surface area contributed by atoms with Gasteiger partial charge in [0, 0.05) is 31.8 Å². The molecule has 26 heavy (non-hydrogen) atoms. The van der Waals surface area contributed by atoms with Crippen LogP contribution in [0, 0.1) is 12.9 Å². The number of hydrogen-bond acceptors (Lipinski definition) is 7. The number of aryl methyl sites for hydroxylation is 1. The smallest absolute Gasteiger partial charge is 0.230 e. The number of halogens is 2. The van der Waals surface area contributed by atoms with E-state index in [1.165, 1.54) is 18.2 Å². The quantitative estimate of drug-likeness (QED) is 0.800. The highest BCUT2D eigenvalue weighted by molar-refractivity contribution is 7.15. The first kappa shape index (κ1) is 18.6. The Morgan fingerprint density at radius 3 is 3.00 bits per heavy atom. The fraction of sp³-hybridized carbons (Fsp3) is 0.500. The molecule has 1 aliphatic heterocycles. The van der Waals surface area contributed by atoms with E-state index in [1.807, 2.05) is 6.92 Å². The van der Waals surface area contributed by atoms with Crippen LogP contribution < -0.4 is 10.1 Å². The first-order valence-electron chi connectivity index (χ1n) is 8.17. The van der Waals surface area contributed by atoms with Crippen LogP contribution in [0.1, 0.15) is 30.3 Å². The van der Waals surface area contributed by atoms with Crippen molar-refractivity contribution in [3.8, 4) is 5.88 Å². The number of piperidine rings is 1. The van der Waals surface area contributed by atoms with Crippen LogP contribution in [0.15, 0.2) is 12.4 Å². The predicted molar refractivity (Wildman–Crippen MR) is 92.1 cm³/mol. The van der Waals surface area contributed by atoms with Gasteiger partial charge in [0.25, 0.3) is 0 Å². The molecule has 2 aromatic rings. The second-order valence-corrected chi connectivity index (χ2v) is 7.18. The molecule has 3 heterocycles. The number of likely N-dealkylation sites (tertiary alicyclic amines) is 1. The molecule has 0 aromatic carbocycles. The normalized spacial score (nSPS) is 20.8. The Kier molecular flexibility index (Phi) is 5.72. The second-order valence-electron chi connectivity index (χ2n) is 6.09. The summed E-state index contributed by atoms with van der Waals surface area (Å²) in [6, 6.07) is 1.72. The van der Waals surface area contributed by atoms with Gasteiger partial charge in [-0.05, 0) is 19.8 Å². The molecule has 0 aliphatic carbocycles. The minimum atomic E-state index is -1.19. The Morgan fingerprint density at radius 2 is 2.27 bits per heavy atom. The minimum Gasteiger partial charge on any atom is -0.473 e. The van der Waals surface area contributed by atoms with Crippen molar-refractivity contribution in [2.24, 2.45) is 0 Å². The number of thiazole rings is 1. The maximum atomic E-state index is 14.3. The van der Waals surface area contributed by atoms with E-state index in [4.69, 9.17) is 4.74 Å². The number of alkyl halides is 1. The van der Waals surface area contributed by atoms with E-state index >= 15 is 0 Å². The van der Waals surface area contributed by atoms with Crippen molar-refractivity contribution in [3.63, 3.8) is 0 Å². The molecule has 2 aromatic heterocycles. The van der Waals surface area contributed by atoms with E-state index in [-0.39, 0.29) is 35.0 Å². The van der Waals surface area contributed by atoms with Crippen molar-refractivity contribution in [2.75, 3.05) is 11.9 Å². The van der Waals surface area contributed by atoms with Crippen LogP contribution in [0.25, 0.3) is 0 Å². The summed E-state index contributed by atoms with van der Waals surface area (Å²) in [5, 5.41) is 2.61. The van der Waals surface area contributed by atoms with Gasteiger partial charge in [-0.3, -0.25) is 9.69 Å². The summed E-state index contributed by atoms with van der Waals surface area (Å²) in [6.07, 6.45) is 0.811. The highest BCUT2D eigenvalue weighted by Gasteiger charge is 2.31. The summed E-state index contributed by atoms with van der Waals surface area (Å²) < 4.78 is 34.1. The summed E-state index contributed by atoms with van der Waals surface area (Å²) in [7, 11) is 0. The van der Waals surface area contributed by atoms with Crippen molar-refractivity contribution in [3.05, 3.63) is 28.9 Å². The fourth-order valence-electron chi connectivity index (χ4n) is 2.72. The number of aromatic nitrogens is 3. The highest BCUT2D eigenvalue weighted by Crippen LogP contribution is 2.28. The topological polar surface area (TPSA) is 80.2 Å². The van der Waals surface area contributed by atoms with E-state index in [0.29, 0.717) is 18.8 Å². The Labute approximate surface area is 153 Å². The van der Waals surface area contributed by atoms with Crippen molar-refractivity contribution in [1.82, 2.24) is 19.9 Å². The van der Waals surface area contributed by atoms with Crippen LogP contribution in [0.5, 0.6) is 5.88 Å². The molecule has 0 radical (unpaired) electrons. The molecule has 0 unspecified atom stereocenters. The molecule has 0 saturated carbocycles. The third-order valence-corrected chi connectivity index (χ3v) is 4.84. The lowest BCUT2D eigenvalue weighted by Crippen LogP contribution is -2.45. The zero-order chi connectivity index (χ0) is 18.7. The molecule has 1 amide bonds. The Bertz CT molecular complexity index is 788. The number of anilines is 1. The van der Waals surface area contributed by atoms with Crippen molar-refractivity contribution >= 4 is 22.4 Å². The highest BCUT2D eigenvalue weighted by atomic mass is 32.1. The molecule has 1 saturated heterocycles. The van der Waals surface area contributed by atoms with Crippen LogP contribution in [0.3, 0.4) is 0 Å². The van der Waals surface area contributed by atoms with Crippen molar-refractivity contribution < 1.29 is 18.3 Å². The van der Waals surface area contributed by atoms with Crippen molar-refractivity contribution in [2.45, 2.75) is 45.6 Å². The van der Waals surface area contributed by atoms with Crippen LogP contribution in [0.2, 0.25) is 0 Å². The number of rotatable bonds is 5. The molecule has 1 aliphatic rings. The van der Waals surface area contributed by atoms with Crippen LogP contribution in [0.4, 0.5) is 13.9 Å². The number of amides is 1. The summed E-state index contributed by atoms with van der Waals surface area (Å²) in [5.41, 5.74) is 0.781. The third kappa shape index (κ3) is 4.70. The molecular weight excluding hydrogens is 364 g/mol. The van der Waals surface area contributed by atoms with Gasteiger partial charge in [0.1, 0.15) is 12.4 Å². The summed E-state index contributed by atoms with van der Waals surface area (Å²) in [6.45, 7) is 3.51. The average molecular weight is 383 g/mol. The molecule has 10 heteroatoms. The maximum Gasteiger partial charge on any atom is 0.230 e. The van der Waals surface area contributed by atoms with Gasteiger partial charge in [0.05, 0.1) is 4.88 Å². The van der Waals surface area contributed by atoms with Gasteiger partial charge in [0.15, 0.2) is 11.4 Å². The second kappa shape index (κ2) is 8.00. The van der Waals surface area contributed by atoms with Gasteiger partial charge in [-0.2, -0.15) is 9.37 Å². The lowest BCUT2D eigenvalue weighted by molar-refractivity contribution is -0.114. The molecular formula is C16H19F2N5O2S. The van der Waals surface area contributed by atoms with E-state index in [1.54, 1.807) is 6.07 Å². The van der Waals surface area contributed by atoms with Crippen LogP contribution >= 0.6 is 11.3 Å². The van der Waals surface area contributed by atoms with Gasteiger partial charge in [-0.1, -0.05) is 11.3 Å². The fourth-order valence-corrected chi connectivity index (χ4v) is 3.63. The monoisotopic (exact) mass is 383 g/mol. The predicted octanol–water partition coefficient (Wildman–Crippen LogP) is 2.68. The summed E-state index contributed by atoms with van der Waals surface area (Å²) >= 11 is 1.00. The van der Waals surface area contributed by atoms with E-state index in [0.717, 1.165) is 17.0 Å². The number of nitrogens with one attached hydrogen (secondary N) is 1. The van der Waals surface area contributed by atoms with Crippen LogP contribution in [-0.4, -0.2) is 44.7 Å². The number of ether oxygens (including phenoxy) is 1. The van der Waals surface area contributed by atoms with Gasteiger partial charge in [-0.25, -0.2) is 14.4 Å². The van der Waals surface area contributed by atoms with E-state index < -0.39 is 12.2 Å². The standard InChI is InChI=1S/C16H19F2N5O2S/c1-9-5-14(20-8-19-9)25-11-3-4-13(17)23(6-11)7-12-15(18)22-16(26-12)21-10(2)24/h5,8,11,13H,3-4,6-7H2,1-2H3,(H,21,22,24)/t11-,13+/m0/s1. The zero-order valence-corrected chi connectivity index (χ0v) is 15.2. The number of carbonyl (C=O) groups is 1. The summed E-state index contributed by atoms with van der Waals surface area (Å²) in [5.74, 6) is -0.586. The van der Waals surface area contributed by atoms with Gasteiger partial charge in [0.2, 0.25) is 17.7 Å². The molecule has 7 nitrogen and oxygen atoms in total. The molecule has 0 spiro atoms. The molecule has 2 atom stereocenters. The lowest BCUT2D eigenvalue weighted by atomic mass is 10.1. The van der Waals surface area contributed by atoms with E-state index in [9.17, 15) is 13.6 Å². The SMILES string of the molecule is CC(=O)Nc1nc(F)c(CN2C[C@@H](Oc3cc(C)ncn3)CC[C@@H]2F)s1. The van der Waals surface area contributed by atoms with Gasteiger partial charge in [-0.15, -0.1) is 0 Å². The largest absolute Gasteiger partial charge is 0.473 e. The molecule has 1 N–H and O–H groups in total. The zero-order valence-electron chi connectivity index (χ0n) is 14.4. The third-order valence-electron chi connectivity index (χ3n) is 3.91. The Morgan fingerprint density at radius 1 is 1.46 bits per heavy atom. The Balaban J connectivity index is 1.65. The molecule has 3 rings (SSSR count). The number of nitrogens with zero attached hydrogens (tertiary/aromatic N) is 4. The minimum absolute atomic E-state index is 0.0624. The van der Waals surface area contributed by atoms with Gasteiger partial charge < -0.3 is 10.1 Å². The first-order chi connectivity index (χ1) is 12.4.